The molecule has 2 aromatic rings. The zero-order chi connectivity index (χ0) is 13.9. The van der Waals surface area contributed by atoms with Crippen LogP contribution in [0.25, 0.3) is 0 Å². The second-order valence-electron chi connectivity index (χ2n) is 3.71. The van der Waals surface area contributed by atoms with E-state index in [0.29, 0.717) is 11.4 Å². The van der Waals surface area contributed by atoms with Gasteiger partial charge in [-0.2, -0.15) is 13.2 Å². The minimum absolute atomic E-state index is 0.0123. The van der Waals surface area contributed by atoms with Gasteiger partial charge in [-0.05, 0) is 18.2 Å². The number of nitrogens with one attached hydrogen (secondary N) is 1. The smallest absolute Gasteiger partial charge is 0.417 e. The van der Waals surface area contributed by atoms with Gasteiger partial charge >= 0.3 is 6.18 Å². The summed E-state index contributed by atoms with van der Waals surface area (Å²) in [7, 11) is 0. The van der Waals surface area contributed by atoms with Crippen molar-refractivity contribution in [1.29, 1.82) is 0 Å². The predicted molar refractivity (Wildman–Crippen MR) is 60.6 cm³/mol. The van der Waals surface area contributed by atoms with E-state index in [4.69, 9.17) is 4.74 Å². The molecule has 0 aromatic carbocycles. The molecule has 0 atom stereocenters. The molecule has 0 saturated carbocycles. The van der Waals surface area contributed by atoms with Crippen molar-refractivity contribution >= 4 is 0 Å². The highest BCUT2D eigenvalue weighted by Crippen LogP contribution is 2.28. The van der Waals surface area contributed by atoms with Gasteiger partial charge in [-0.1, -0.05) is 0 Å². The van der Waals surface area contributed by atoms with E-state index in [1.807, 2.05) is 0 Å². The van der Waals surface area contributed by atoms with Crippen molar-refractivity contribution < 1.29 is 17.9 Å². The Morgan fingerprint density at radius 3 is 2.63 bits per heavy atom. The summed E-state index contributed by atoms with van der Waals surface area (Å²) in [6.07, 6.45) is -2.24. The third kappa shape index (κ3) is 3.57. The number of halogens is 3. The molecule has 0 fully saturated rings. The van der Waals surface area contributed by atoms with Gasteiger partial charge in [0.15, 0.2) is 0 Å². The van der Waals surface area contributed by atoms with Crippen molar-refractivity contribution in [1.82, 2.24) is 9.97 Å². The van der Waals surface area contributed by atoms with Crippen LogP contribution >= 0.6 is 0 Å². The maximum absolute atomic E-state index is 12.3. The Kier molecular flexibility index (Phi) is 3.55. The average Bonchev–Trinajstić information content (AvgIpc) is 2.36. The lowest BCUT2D eigenvalue weighted by Gasteiger charge is -2.08. The van der Waals surface area contributed by atoms with E-state index in [2.05, 4.69) is 9.97 Å². The van der Waals surface area contributed by atoms with Crippen LogP contribution in [0.15, 0.2) is 41.5 Å². The van der Waals surface area contributed by atoms with E-state index in [-0.39, 0.29) is 12.2 Å². The molecule has 7 heteroatoms. The molecule has 0 radical (unpaired) electrons. The van der Waals surface area contributed by atoms with Crippen molar-refractivity contribution in [3.63, 3.8) is 0 Å². The molecular formula is C12H9F3N2O2. The van der Waals surface area contributed by atoms with E-state index >= 15 is 0 Å². The highest BCUT2D eigenvalue weighted by atomic mass is 19.4. The number of aromatic amines is 1. The van der Waals surface area contributed by atoms with E-state index in [9.17, 15) is 18.0 Å². The Hall–Kier alpha value is -2.31. The molecule has 2 heterocycles. The summed E-state index contributed by atoms with van der Waals surface area (Å²) in [5.41, 5.74) is -0.793. The molecule has 4 nitrogen and oxygen atoms in total. The average molecular weight is 270 g/mol. The summed E-state index contributed by atoms with van der Waals surface area (Å²) in [5, 5.41) is 0. The highest BCUT2D eigenvalue weighted by molar-refractivity contribution is 5.19. The number of ether oxygens (including phenoxy) is 1. The third-order valence-electron chi connectivity index (χ3n) is 2.29. The molecule has 0 unspecified atom stereocenters. The summed E-state index contributed by atoms with van der Waals surface area (Å²) < 4.78 is 42.2. The third-order valence-corrected chi connectivity index (χ3v) is 2.29. The normalized spacial score (nSPS) is 11.3. The summed E-state index contributed by atoms with van der Waals surface area (Å²) >= 11 is 0. The van der Waals surface area contributed by atoms with Crippen LogP contribution in [-0.2, 0) is 12.8 Å². The number of nitrogens with zero attached hydrogens (tertiary/aromatic N) is 1. The molecule has 0 amide bonds. The first-order valence-electron chi connectivity index (χ1n) is 5.29. The van der Waals surface area contributed by atoms with E-state index < -0.39 is 11.7 Å². The largest absolute Gasteiger partial charge is 0.487 e. The van der Waals surface area contributed by atoms with Crippen LogP contribution in [0.1, 0.15) is 11.3 Å². The van der Waals surface area contributed by atoms with Crippen LogP contribution in [0, 0.1) is 0 Å². The van der Waals surface area contributed by atoms with Gasteiger partial charge in [-0.25, -0.2) is 0 Å². The molecular weight excluding hydrogens is 261 g/mol. The standard InChI is InChI=1S/C12H9F3N2O2/c13-12(14,15)8-1-2-9(17-6-8)7-19-10-3-4-16-11(18)5-10/h1-6H,7H2,(H,16,18). The number of H-pyrrole nitrogens is 1. The maximum Gasteiger partial charge on any atom is 0.417 e. The number of alkyl halides is 3. The van der Waals surface area contributed by atoms with Gasteiger partial charge in [0.2, 0.25) is 0 Å². The molecule has 0 aliphatic carbocycles. The molecule has 100 valence electrons. The summed E-state index contributed by atoms with van der Waals surface area (Å²) in [6.45, 7) is -0.0123. The second-order valence-corrected chi connectivity index (χ2v) is 3.71. The van der Waals surface area contributed by atoms with Crippen LogP contribution in [-0.4, -0.2) is 9.97 Å². The Morgan fingerprint density at radius 2 is 2.05 bits per heavy atom. The predicted octanol–water partition coefficient (Wildman–Crippen LogP) is 2.37. The Labute approximate surface area is 105 Å². The molecule has 2 aromatic heterocycles. The van der Waals surface area contributed by atoms with Gasteiger partial charge in [0.1, 0.15) is 12.4 Å². The zero-order valence-electron chi connectivity index (χ0n) is 9.57. The van der Waals surface area contributed by atoms with E-state index in [1.165, 1.54) is 24.4 Å². The lowest BCUT2D eigenvalue weighted by molar-refractivity contribution is -0.137. The summed E-state index contributed by atoms with van der Waals surface area (Å²) in [5.74, 6) is 0.324. The second kappa shape index (κ2) is 5.13. The molecule has 0 aliphatic rings. The maximum atomic E-state index is 12.3. The number of rotatable bonds is 3. The van der Waals surface area contributed by atoms with E-state index in [0.717, 1.165) is 12.3 Å². The summed E-state index contributed by atoms with van der Waals surface area (Å²) in [4.78, 5) is 17.0. The first-order chi connectivity index (χ1) is 8.95. The molecule has 2 rings (SSSR count). The number of hydrogen-bond acceptors (Lipinski definition) is 3. The van der Waals surface area contributed by atoms with Crippen LogP contribution in [0.3, 0.4) is 0 Å². The van der Waals surface area contributed by atoms with Crippen molar-refractivity contribution in [2.24, 2.45) is 0 Å². The zero-order valence-corrected chi connectivity index (χ0v) is 9.57. The minimum atomic E-state index is -4.40. The lowest BCUT2D eigenvalue weighted by atomic mass is 10.2. The Bertz CT molecular complexity index is 605. The van der Waals surface area contributed by atoms with Gasteiger partial charge in [0, 0.05) is 18.5 Å². The van der Waals surface area contributed by atoms with Crippen molar-refractivity contribution in [2.75, 3.05) is 0 Å². The molecule has 0 aliphatic heterocycles. The SMILES string of the molecule is O=c1cc(OCc2ccc(C(F)(F)F)cn2)cc[nH]1. The van der Waals surface area contributed by atoms with Gasteiger partial charge in [-0.15, -0.1) is 0 Å². The number of pyridine rings is 2. The van der Waals surface area contributed by atoms with E-state index in [1.54, 1.807) is 0 Å². The Balaban J connectivity index is 2.03. The first-order valence-corrected chi connectivity index (χ1v) is 5.29. The highest BCUT2D eigenvalue weighted by Gasteiger charge is 2.30. The fourth-order valence-electron chi connectivity index (χ4n) is 1.35. The van der Waals surface area contributed by atoms with Gasteiger partial charge in [-0.3, -0.25) is 9.78 Å². The fourth-order valence-corrected chi connectivity index (χ4v) is 1.35. The molecule has 19 heavy (non-hydrogen) atoms. The lowest BCUT2D eigenvalue weighted by Crippen LogP contribution is -2.07. The minimum Gasteiger partial charge on any atom is -0.487 e. The molecule has 0 saturated heterocycles. The quantitative estimate of drug-likeness (QED) is 0.931. The van der Waals surface area contributed by atoms with Crippen molar-refractivity contribution in [2.45, 2.75) is 12.8 Å². The molecule has 0 spiro atoms. The summed E-state index contributed by atoms with van der Waals surface area (Å²) in [6, 6.07) is 4.94. The first kappa shape index (κ1) is 13.1. The number of hydrogen-bond donors (Lipinski definition) is 1. The van der Waals surface area contributed by atoms with Gasteiger partial charge in [0.25, 0.3) is 5.56 Å². The van der Waals surface area contributed by atoms with Crippen molar-refractivity contribution in [3.8, 4) is 5.75 Å². The van der Waals surface area contributed by atoms with Crippen LogP contribution in [0.2, 0.25) is 0 Å². The topological polar surface area (TPSA) is 55.0 Å². The Morgan fingerprint density at radius 1 is 1.26 bits per heavy atom. The monoisotopic (exact) mass is 270 g/mol. The molecule has 1 N–H and O–H groups in total. The fraction of sp³-hybridized carbons (Fsp3) is 0.167. The van der Waals surface area contributed by atoms with Gasteiger partial charge in [0.05, 0.1) is 11.3 Å². The van der Waals surface area contributed by atoms with Crippen LogP contribution in [0.5, 0.6) is 5.75 Å². The van der Waals surface area contributed by atoms with Crippen molar-refractivity contribution in [3.05, 3.63) is 58.3 Å². The van der Waals surface area contributed by atoms with Gasteiger partial charge < -0.3 is 9.72 Å². The van der Waals surface area contributed by atoms with Crippen LogP contribution in [0.4, 0.5) is 13.2 Å². The van der Waals surface area contributed by atoms with Crippen LogP contribution < -0.4 is 10.3 Å². The molecule has 0 bridgehead atoms. The number of aromatic nitrogens is 2.